The van der Waals surface area contributed by atoms with Crippen LogP contribution in [0.25, 0.3) is 11.3 Å². The standard InChI is InChI=1S/C38H44N6O10S/c1-53-25-38(48)19-9-8-17-33(38)42-26-39-34(35(42)27-11-4-3-5-12-27)36(45)41-22-21-40(37(46)47)24-29(41)18-20-43(28-13-10-14-30(23-28)54-2)55(51,52)32-16-7-6-15-31(32)44(49)50/h3-7,10-16,23,26,29,33,48H,8-9,17-22,24-25H2,1-2H3,(H,46,47)/t29-,33-,38-/m1/s1. The van der Waals surface area contributed by atoms with Crippen molar-refractivity contribution in [2.45, 2.75) is 54.7 Å². The summed E-state index contributed by atoms with van der Waals surface area (Å²) in [5, 5.41) is 33.7. The van der Waals surface area contributed by atoms with Gasteiger partial charge < -0.3 is 34.1 Å². The lowest BCUT2D eigenvalue weighted by Gasteiger charge is -2.41. The predicted octanol–water partition coefficient (Wildman–Crippen LogP) is 5.05. The van der Waals surface area contributed by atoms with Crippen LogP contribution in [0.5, 0.6) is 5.75 Å². The highest BCUT2D eigenvalue weighted by Crippen LogP contribution is 2.41. The van der Waals surface area contributed by atoms with Crippen molar-refractivity contribution >= 4 is 33.4 Å². The molecule has 55 heavy (non-hydrogen) atoms. The van der Waals surface area contributed by atoms with Crippen LogP contribution >= 0.6 is 0 Å². The summed E-state index contributed by atoms with van der Waals surface area (Å²) in [6.07, 6.45) is 3.09. The van der Waals surface area contributed by atoms with Gasteiger partial charge >= 0.3 is 6.09 Å². The fraction of sp³-hybridized carbons (Fsp3) is 0.395. The Kier molecular flexibility index (Phi) is 11.7. The van der Waals surface area contributed by atoms with Crippen LogP contribution < -0.4 is 9.04 Å². The van der Waals surface area contributed by atoms with Crippen LogP contribution in [0, 0.1) is 10.1 Å². The molecule has 2 amide bonds. The Balaban J connectivity index is 1.40. The molecule has 1 aliphatic heterocycles. The Morgan fingerprint density at radius 1 is 1.04 bits per heavy atom. The van der Waals surface area contributed by atoms with Gasteiger partial charge in [0.25, 0.3) is 21.6 Å². The van der Waals surface area contributed by atoms with Crippen molar-refractivity contribution in [2.24, 2.45) is 0 Å². The number of hydrogen-bond donors (Lipinski definition) is 2. The molecule has 1 saturated heterocycles. The fourth-order valence-electron chi connectivity index (χ4n) is 7.70. The molecule has 17 heteroatoms. The van der Waals surface area contributed by atoms with Gasteiger partial charge in [-0.1, -0.05) is 61.4 Å². The molecule has 2 fully saturated rings. The molecule has 16 nitrogen and oxygen atoms in total. The van der Waals surface area contributed by atoms with Crippen LogP contribution in [0.3, 0.4) is 0 Å². The van der Waals surface area contributed by atoms with E-state index in [4.69, 9.17) is 9.47 Å². The van der Waals surface area contributed by atoms with Crippen molar-refractivity contribution in [1.82, 2.24) is 19.4 Å². The number of aromatic nitrogens is 2. The number of carbonyl (C=O) groups is 2. The molecule has 0 radical (unpaired) electrons. The van der Waals surface area contributed by atoms with Gasteiger partial charge in [-0.2, -0.15) is 0 Å². The number of hydrogen-bond acceptors (Lipinski definition) is 10. The SMILES string of the molecule is COC[C@]1(O)CCCC[C@H]1n1cnc(C(=O)N2CCN(C(=O)O)C[C@H]2CCN(c2cccc(OC)c2)S(=O)(=O)c2ccccc2[N+](=O)[O-])c1-c1ccccc1. The van der Waals surface area contributed by atoms with Crippen molar-refractivity contribution in [3.63, 3.8) is 0 Å². The number of rotatable bonds is 13. The second-order valence-corrected chi connectivity index (χ2v) is 15.5. The third-order valence-electron chi connectivity index (χ3n) is 10.4. The molecule has 2 N–H and O–H groups in total. The lowest BCUT2D eigenvalue weighted by atomic mass is 9.80. The Labute approximate surface area is 318 Å². The molecule has 0 unspecified atom stereocenters. The second-order valence-electron chi connectivity index (χ2n) is 13.7. The third kappa shape index (κ3) is 7.99. The zero-order chi connectivity index (χ0) is 39.3. The van der Waals surface area contributed by atoms with Gasteiger partial charge in [-0.25, -0.2) is 18.2 Å². The molecule has 2 aliphatic rings. The average Bonchev–Trinajstić information content (AvgIpc) is 3.63. The molecular formula is C38H44N6O10S. The Hall–Kier alpha value is -5.52. The first-order valence-electron chi connectivity index (χ1n) is 17.9. The number of nitrogens with zero attached hydrogens (tertiary/aromatic N) is 6. The quantitative estimate of drug-likeness (QED) is 0.136. The molecule has 4 aromatic rings. The number of carboxylic acid groups (broad SMARTS) is 1. The lowest BCUT2D eigenvalue weighted by Crippen LogP contribution is -2.57. The average molecular weight is 777 g/mol. The van der Waals surface area contributed by atoms with Crippen molar-refractivity contribution in [1.29, 1.82) is 0 Å². The van der Waals surface area contributed by atoms with Crippen molar-refractivity contribution in [2.75, 3.05) is 51.3 Å². The van der Waals surface area contributed by atoms with Gasteiger partial charge in [0.1, 0.15) is 11.4 Å². The largest absolute Gasteiger partial charge is 0.497 e. The number of amides is 2. The molecule has 3 atom stereocenters. The molecule has 1 saturated carbocycles. The van der Waals surface area contributed by atoms with Gasteiger partial charge in [0.2, 0.25) is 0 Å². The van der Waals surface area contributed by atoms with E-state index in [0.717, 1.165) is 29.3 Å². The summed E-state index contributed by atoms with van der Waals surface area (Å²) in [7, 11) is -1.64. The molecule has 1 aromatic heterocycles. The number of nitro benzene ring substituents is 1. The summed E-state index contributed by atoms with van der Waals surface area (Å²) < 4.78 is 42.3. The normalized spacial score (nSPS) is 20.2. The maximum Gasteiger partial charge on any atom is 0.407 e. The minimum absolute atomic E-state index is 0.00325. The van der Waals surface area contributed by atoms with Crippen LogP contribution in [-0.4, -0.2) is 114 Å². The van der Waals surface area contributed by atoms with E-state index in [1.807, 2.05) is 34.9 Å². The van der Waals surface area contributed by atoms with E-state index in [-0.39, 0.29) is 50.6 Å². The smallest absolute Gasteiger partial charge is 0.407 e. The van der Waals surface area contributed by atoms with Crippen LogP contribution in [0.2, 0.25) is 0 Å². The first kappa shape index (κ1) is 39.2. The second kappa shape index (κ2) is 16.5. The van der Waals surface area contributed by atoms with Gasteiger partial charge in [-0.15, -0.1) is 0 Å². The summed E-state index contributed by atoms with van der Waals surface area (Å²) in [6.45, 7) is -0.329. The van der Waals surface area contributed by atoms with Crippen molar-refractivity contribution < 1.29 is 42.6 Å². The number of anilines is 1. The Morgan fingerprint density at radius 3 is 2.49 bits per heavy atom. The molecule has 6 rings (SSSR count). The van der Waals surface area contributed by atoms with Crippen molar-refractivity contribution in [3.8, 4) is 17.0 Å². The van der Waals surface area contributed by atoms with Gasteiger partial charge in [0.15, 0.2) is 10.6 Å². The maximum atomic E-state index is 14.8. The zero-order valence-corrected chi connectivity index (χ0v) is 31.4. The Bertz CT molecular complexity index is 2130. The Morgan fingerprint density at radius 2 is 1.78 bits per heavy atom. The van der Waals surface area contributed by atoms with Gasteiger partial charge in [-0.3, -0.25) is 19.2 Å². The topological polar surface area (TPSA) is 198 Å². The van der Waals surface area contributed by atoms with E-state index in [2.05, 4.69) is 4.98 Å². The summed E-state index contributed by atoms with van der Waals surface area (Å²) in [6, 6.07) is 19.2. The first-order chi connectivity index (χ1) is 26.4. The molecule has 3 aromatic carbocycles. The number of benzene rings is 3. The zero-order valence-electron chi connectivity index (χ0n) is 30.6. The maximum absolute atomic E-state index is 14.8. The lowest BCUT2D eigenvalue weighted by molar-refractivity contribution is -0.387. The van der Waals surface area contributed by atoms with Crippen LogP contribution in [0.15, 0.2) is 90.1 Å². The van der Waals surface area contributed by atoms with E-state index in [1.54, 1.807) is 18.5 Å². The minimum Gasteiger partial charge on any atom is -0.497 e. The summed E-state index contributed by atoms with van der Waals surface area (Å²) in [5.74, 6) is -0.153. The van der Waals surface area contributed by atoms with Crippen molar-refractivity contribution in [3.05, 3.63) is 101 Å². The molecule has 1 aliphatic carbocycles. The monoisotopic (exact) mass is 776 g/mol. The van der Waals surface area contributed by atoms with E-state index in [9.17, 15) is 38.3 Å². The number of aliphatic hydroxyl groups is 1. The number of piperazine rings is 1. The van der Waals surface area contributed by atoms with E-state index in [1.165, 1.54) is 48.3 Å². The number of imidazole rings is 1. The van der Waals surface area contributed by atoms with E-state index >= 15 is 0 Å². The van der Waals surface area contributed by atoms with Gasteiger partial charge in [0, 0.05) is 51.0 Å². The predicted molar refractivity (Wildman–Crippen MR) is 202 cm³/mol. The number of carbonyl (C=O) groups excluding carboxylic acids is 1. The van der Waals surface area contributed by atoms with Crippen LogP contribution in [0.4, 0.5) is 16.2 Å². The molecular weight excluding hydrogens is 733 g/mol. The number of para-hydroxylation sites is 1. The van der Waals surface area contributed by atoms with Crippen LogP contribution in [-0.2, 0) is 14.8 Å². The number of methoxy groups -OCH3 is 2. The third-order valence-corrected chi connectivity index (χ3v) is 12.3. The number of sulfonamides is 1. The fourth-order valence-corrected chi connectivity index (χ4v) is 9.33. The first-order valence-corrected chi connectivity index (χ1v) is 19.4. The summed E-state index contributed by atoms with van der Waals surface area (Å²) in [5.41, 5.74) is -0.389. The minimum atomic E-state index is -4.59. The van der Waals surface area contributed by atoms with E-state index < -0.39 is 55.2 Å². The molecule has 292 valence electrons. The van der Waals surface area contributed by atoms with E-state index in [0.29, 0.717) is 29.8 Å². The number of nitro groups is 1. The molecule has 0 bridgehead atoms. The molecule has 0 spiro atoms. The highest BCUT2D eigenvalue weighted by molar-refractivity contribution is 7.93. The van der Waals surface area contributed by atoms with Gasteiger partial charge in [-0.05, 0) is 37.5 Å². The summed E-state index contributed by atoms with van der Waals surface area (Å²) in [4.78, 5) is 45.0. The summed E-state index contributed by atoms with van der Waals surface area (Å²) >= 11 is 0. The van der Waals surface area contributed by atoms with Gasteiger partial charge in [0.05, 0.1) is 48.4 Å². The number of ether oxygens (including phenoxy) is 2. The van der Waals surface area contributed by atoms with Crippen LogP contribution in [0.1, 0.15) is 48.6 Å². The highest BCUT2D eigenvalue weighted by Gasteiger charge is 2.43. The molecule has 2 heterocycles. The highest BCUT2D eigenvalue weighted by atomic mass is 32.2.